The van der Waals surface area contributed by atoms with Gasteiger partial charge in [0.05, 0.1) is 0 Å². The summed E-state index contributed by atoms with van der Waals surface area (Å²) in [4.78, 5) is 59.6. The maximum absolute atomic E-state index is 13.0. The molecule has 0 spiro atoms. The van der Waals surface area contributed by atoms with Gasteiger partial charge in [-0.25, -0.2) is 0 Å². The van der Waals surface area contributed by atoms with Crippen LogP contribution in [0.25, 0.3) is 0 Å². The van der Waals surface area contributed by atoms with E-state index in [2.05, 4.69) is 21.3 Å². The van der Waals surface area contributed by atoms with Gasteiger partial charge in [-0.2, -0.15) is 0 Å². The second-order valence-corrected chi connectivity index (χ2v) is 13.3. The van der Waals surface area contributed by atoms with E-state index in [4.69, 9.17) is 10.5 Å². The predicted molar refractivity (Wildman–Crippen MR) is 129 cm³/mol. The molecule has 1 rings (SSSR count). The van der Waals surface area contributed by atoms with Gasteiger partial charge in [-0.05, 0) is 0 Å². The first-order valence-electron chi connectivity index (χ1n) is 11.2. The fourth-order valence-corrected chi connectivity index (χ4v) is 4.61. The summed E-state index contributed by atoms with van der Waals surface area (Å²) in [6, 6.07) is 4.44. The quantitative estimate of drug-likeness (QED) is 0.119. The molecule has 0 saturated carbocycles. The minimum atomic E-state index is -1.70. The summed E-state index contributed by atoms with van der Waals surface area (Å²) in [5.74, 6) is -1.43. The molecule has 0 aliphatic rings. The third-order valence-corrected chi connectivity index (χ3v) is 8.14. The van der Waals surface area contributed by atoms with Gasteiger partial charge in [0.15, 0.2) is 0 Å². The number of carbonyl (C=O) groups is 5. The first-order valence-corrected chi connectivity index (χ1v) is 19.4. The second-order valence-electron chi connectivity index (χ2n) is 8.10. The number of nitrogens with one attached hydrogen (secondary N) is 4. The zero-order valence-electron chi connectivity index (χ0n) is 20.1. The van der Waals surface area contributed by atoms with E-state index in [9.17, 15) is 24.0 Å². The van der Waals surface area contributed by atoms with E-state index in [0.29, 0.717) is 12.1 Å². The molecule has 0 fully saturated rings. The number of amides is 5. The minimum absolute atomic E-state index is 0.0469. The number of ether oxygens (including phenoxy) is 1. The van der Waals surface area contributed by atoms with Gasteiger partial charge in [0.25, 0.3) is 0 Å². The molecule has 2 atom stereocenters. The van der Waals surface area contributed by atoms with Crippen molar-refractivity contribution in [3.8, 4) is 0 Å². The molecule has 0 saturated heterocycles. The van der Waals surface area contributed by atoms with Gasteiger partial charge in [0.1, 0.15) is 6.61 Å². The third-order valence-electron chi connectivity index (χ3n) is 4.85. The number of primary amides is 1. The molecule has 12 heteroatoms. The number of rotatable bonds is 13. The molecule has 0 aromatic heterocycles. The molecule has 2 unspecified atom stereocenters. The van der Waals surface area contributed by atoms with Crippen molar-refractivity contribution < 1.29 is 28.7 Å². The van der Waals surface area contributed by atoms with E-state index < -0.39 is 54.2 Å². The summed E-state index contributed by atoms with van der Waals surface area (Å²) in [7, 11) is 0. The molecule has 0 aliphatic carbocycles. The normalized spacial score (nSPS) is 12.1. The standard InChI is InChI=1S/C21H30N5O6.CH3.Tl.H/c1-13(2)18(24-12-27)20(30)26-17(5-4-10-23-21(22)31)19(29)25-16-8-6-15(7-9-16)11-32-14(3)28;;;/h6-9,13,17-18H,4-5,10-11H2,1-3H3,(H,24,27)(H,25,29)(H,26,30)(H3,22,23,31);1H3;;. The van der Waals surface area contributed by atoms with Crippen LogP contribution in [-0.2, 0) is 25.7 Å². The van der Waals surface area contributed by atoms with Crippen LogP contribution in [0.3, 0.4) is 0 Å². The van der Waals surface area contributed by atoms with Crippen molar-refractivity contribution in [2.45, 2.75) is 56.8 Å². The number of anilines is 1. The average molecular weight is 669 g/mol. The Morgan fingerprint density at radius 2 is 1.68 bits per heavy atom. The molecular formula is C22H34N5O6Tl. The molecule has 1 aromatic carbocycles. The Morgan fingerprint density at radius 1 is 1.03 bits per heavy atom. The van der Waals surface area contributed by atoms with Crippen LogP contribution in [0.4, 0.5) is 15.3 Å². The maximum atomic E-state index is 13.0. The van der Waals surface area contributed by atoms with Gasteiger partial charge >= 0.3 is 189 Å². The Hall–Kier alpha value is -2.71. The Bertz CT molecular complexity index is 862. The Kier molecular flexibility index (Phi) is 13.1. The van der Waals surface area contributed by atoms with Crippen LogP contribution in [0.5, 0.6) is 0 Å². The zero-order chi connectivity index (χ0) is 25.7. The first-order chi connectivity index (χ1) is 16.0. The second kappa shape index (κ2) is 15.2. The van der Waals surface area contributed by atoms with E-state index >= 15 is 0 Å². The molecule has 5 amide bonds. The van der Waals surface area contributed by atoms with Crippen LogP contribution in [-0.4, -0.2) is 70.1 Å². The Labute approximate surface area is 211 Å². The molecule has 6 N–H and O–H groups in total. The summed E-state index contributed by atoms with van der Waals surface area (Å²) in [5, 5.41) is 10.7. The van der Waals surface area contributed by atoms with E-state index in [1.165, 1.54) is 6.92 Å². The van der Waals surface area contributed by atoms with Gasteiger partial charge < -0.3 is 4.74 Å². The van der Waals surface area contributed by atoms with Crippen molar-refractivity contribution >= 4 is 57.2 Å². The molecule has 0 aliphatic heterocycles. The first kappa shape index (κ1) is 29.3. The topological polar surface area (TPSA) is 169 Å². The van der Waals surface area contributed by atoms with Crippen molar-refractivity contribution in [2.75, 3.05) is 11.9 Å². The average Bonchev–Trinajstić information content (AvgIpc) is 2.78. The van der Waals surface area contributed by atoms with Crippen molar-refractivity contribution in [1.29, 1.82) is 0 Å². The summed E-state index contributed by atoms with van der Waals surface area (Å²) in [5.41, 5.74) is 6.33. The van der Waals surface area contributed by atoms with Crippen LogP contribution in [0.15, 0.2) is 24.3 Å². The van der Waals surface area contributed by atoms with Crippen LogP contribution in [0.1, 0.15) is 39.2 Å². The van der Waals surface area contributed by atoms with Crippen LogP contribution in [0.2, 0.25) is 4.48 Å². The summed E-state index contributed by atoms with van der Waals surface area (Å²) in [6.45, 7) is 5.33. The van der Waals surface area contributed by atoms with Crippen LogP contribution in [0, 0.1) is 5.92 Å². The third kappa shape index (κ3) is 11.4. The predicted octanol–water partition coefficient (Wildman–Crippen LogP) is 0.840. The van der Waals surface area contributed by atoms with Crippen molar-refractivity contribution in [2.24, 2.45) is 11.7 Å². The number of nitrogens with two attached hydrogens (primary N) is 1. The molecule has 0 heterocycles. The van der Waals surface area contributed by atoms with Crippen LogP contribution >= 0.6 is 0 Å². The summed E-state index contributed by atoms with van der Waals surface area (Å²) in [6.07, 6.45) is 0.641. The number of hydrogen-bond acceptors (Lipinski definition) is 6. The number of benzene rings is 1. The van der Waals surface area contributed by atoms with E-state index in [0.717, 1.165) is 5.56 Å². The monoisotopic (exact) mass is 669 g/mol. The molecule has 0 bridgehead atoms. The Morgan fingerprint density at radius 3 is 2.21 bits per heavy atom. The fraction of sp³-hybridized carbons (Fsp3) is 0.500. The number of urea groups is 1. The number of hydrogen-bond donors (Lipinski definition) is 5. The zero-order valence-corrected chi connectivity index (χ0v) is 25.6. The van der Waals surface area contributed by atoms with Crippen molar-refractivity contribution in [3.05, 3.63) is 29.8 Å². The van der Waals surface area contributed by atoms with Crippen LogP contribution < -0.4 is 27.0 Å². The molecule has 0 radical (unpaired) electrons. The molecule has 34 heavy (non-hydrogen) atoms. The fourth-order valence-electron chi connectivity index (χ4n) is 2.96. The molecule has 186 valence electrons. The van der Waals surface area contributed by atoms with Crippen molar-refractivity contribution in [1.82, 2.24) is 16.0 Å². The summed E-state index contributed by atoms with van der Waals surface area (Å²) >= 11 is -1.70. The molecule has 11 nitrogen and oxygen atoms in total. The van der Waals surface area contributed by atoms with Crippen molar-refractivity contribution in [3.63, 3.8) is 0 Å². The SMILES string of the molecule is [CH3][TlH][C](=O)NC(C(=O)NC(CCCNC(N)=O)C(=O)Nc1ccc(COC(C)=O)cc1)C(C)C. The number of carbonyl (C=O) groups excluding carboxylic acids is 5. The van der Waals surface area contributed by atoms with Gasteiger partial charge in [-0.15, -0.1) is 0 Å². The van der Waals surface area contributed by atoms with Gasteiger partial charge in [-0.3, -0.25) is 4.79 Å². The van der Waals surface area contributed by atoms with Gasteiger partial charge in [-0.1, -0.05) is 0 Å². The number of esters is 1. The van der Waals surface area contributed by atoms with E-state index in [-0.39, 0.29) is 34.9 Å². The summed E-state index contributed by atoms with van der Waals surface area (Å²) < 4.78 is 6.80. The van der Waals surface area contributed by atoms with Gasteiger partial charge in [0.2, 0.25) is 0 Å². The molecule has 1 aromatic rings. The molecular weight excluding hydrogens is 635 g/mol. The van der Waals surface area contributed by atoms with E-state index in [1.54, 1.807) is 24.3 Å². The Balaban J connectivity index is 2.89. The van der Waals surface area contributed by atoms with E-state index in [1.807, 2.05) is 18.3 Å². The van der Waals surface area contributed by atoms with Gasteiger partial charge in [0, 0.05) is 6.92 Å².